The Hall–Kier alpha value is -3.28. The van der Waals surface area contributed by atoms with Gasteiger partial charge in [-0.05, 0) is 42.7 Å². The van der Waals surface area contributed by atoms with Crippen molar-refractivity contribution in [3.05, 3.63) is 77.3 Å². The molecule has 1 aliphatic rings. The summed E-state index contributed by atoms with van der Waals surface area (Å²) in [6.45, 7) is 6.02. The zero-order valence-electron chi connectivity index (χ0n) is 14.7. The minimum Gasteiger partial charge on any atom is -0.394 e. The maximum absolute atomic E-state index is 12.9. The highest BCUT2D eigenvalue weighted by Crippen LogP contribution is 2.29. The number of hydrogen-bond donors (Lipinski definition) is 1. The van der Waals surface area contributed by atoms with Gasteiger partial charge in [-0.2, -0.15) is 5.10 Å². The molecule has 6 heteroatoms. The Morgan fingerprint density at radius 3 is 2.81 bits per heavy atom. The predicted molar refractivity (Wildman–Crippen MR) is 103 cm³/mol. The van der Waals surface area contributed by atoms with E-state index in [9.17, 15) is 4.79 Å². The third-order valence-electron chi connectivity index (χ3n) is 4.50. The molecule has 1 aliphatic heterocycles. The topological polar surface area (TPSA) is 83.9 Å². The third kappa shape index (κ3) is 3.54. The van der Waals surface area contributed by atoms with Gasteiger partial charge in [0.25, 0.3) is 5.91 Å². The van der Waals surface area contributed by atoms with Crippen LogP contribution >= 0.6 is 0 Å². The Bertz CT molecular complexity index is 873. The highest BCUT2D eigenvalue weighted by molar-refractivity contribution is 6.11. The van der Waals surface area contributed by atoms with E-state index in [1.807, 2.05) is 25.1 Å². The second-order valence-electron chi connectivity index (χ2n) is 6.06. The number of hydrogen-bond acceptors (Lipinski definition) is 5. The molecule has 0 unspecified atom stereocenters. The summed E-state index contributed by atoms with van der Waals surface area (Å²) in [7, 11) is 0. The third-order valence-corrected chi connectivity index (χ3v) is 4.50. The minimum atomic E-state index is -0.223. The molecular weight excluding hydrogens is 326 g/mol. The van der Waals surface area contributed by atoms with E-state index in [1.165, 1.54) is 11.6 Å². The van der Waals surface area contributed by atoms with E-state index in [2.05, 4.69) is 34.0 Å². The van der Waals surface area contributed by atoms with Gasteiger partial charge < -0.3 is 10.6 Å². The lowest BCUT2D eigenvalue weighted by Crippen LogP contribution is -2.41. The fourth-order valence-electron chi connectivity index (χ4n) is 3.17. The van der Waals surface area contributed by atoms with Crippen molar-refractivity contribution in [1.29, 1.82) is 0 Å². The molecule has 1 aromatic carbocycles. The maximum atomic E-state index is 12.9. The van der Waals surface area contributed by atoms with Crippen LogP contribution in [0.4, 0.5) is 0 Å². The highest BCUT2D eigenvalue weighted by Gasteiger charge is 2.28. The molecular formula is C20H21N5O. The van der Waals surface area contributed by atoms with Crippen molar-refractivity contribution in [2.24, 2.45) is 15.9 Å². The molecule has 0 saturated carbocycles. The molecule has 0 bridgehead atoms. The zero-order valence-corrected chi connectivity index (χ0v) is 14.7. The normalized spacial score (nSPS) is 17.6. The van der Waals surface area contributed by atoms with Gasteiger partial charge in [0.1, 0.15) is 5.71 Å². The van der Waals surface area contributed by atoms with E-state index in [-0.39, 0.29) is 17.6 Å². The summed E-state index contributed by atoms with van der Waals surface area (Å²) < 4.78 is 0. The number of carbonyl (C=O) groups excluding carboxylic acids is 1. The first-order valence-electron chi connectivity index (χ1n) is 8.43. The van der Waals surface area contributed by atoms with E-state index in [1.54, 1.807) is 23.2 Å². The number of benzene rings is 1. The summed E-state index contributed by atoms with van der Waals surface area (Å²) in [5.41, 5.74) is 9.61. The Morgan fingerprint density at radius 2 is 2.08 bits per heavy atom. The quantitative estimate of drug-likeness (QED) is 0.524. The van der Waals surface area contributed by atoms with Crippen molar-refractivity contribution in [3.8, 4) is 0 Å². The average molecular weight is 347 g/mol. The van der Waals surface area contributed by atoms with Gasteiger partial charge in [0.2, 0.25) is 0 Å². The number of pyridine rings is 1. The van der Waals surface area contributed by atoms with Crippen LogP contribution in [0.15, 0.2) is 70.6 Å². The minimum absolute atomic E-state index is 0.0350. The van der Waals surface area contributed by atoms with Gasteiger partial charge in [-0.15, -0.1) is 5.10 Å². The van der Waals surface area contributed by atoms with Crippen LogP contribution in [0.25, 0.3) is 0 Å². The molecule has 1 atom stereocenters. The van der Waals surface area contributed by atoms with Gasteiger partial charge >= 0.3 is 0 Å². The summed E-state index contributed by atoms with van der Waals surface area (Å²) in [5, 5.41) is 7.51. The second kappa shape index (κ2) is 7.74. The van der Waals surface area contributed by atoms with Crippen molar-refractivity contribution in [2.75, 3.05) is 6.54 Å². The Kier molecular flexibility index (Phi) is 5.22. The average Bonchev–Trinajstić information content (AvgIpc) is 2.68. The lowest BCUT2D eigenvalue weighted by Gasteiger charge is -2.35. The number of allylic oxidation sites excluding steroid dienone is 1. The number of nitrogens with two attached hydrogens (primary N) is 1. The standard InChI is InChI=1S/C20H21N5O/c1-14-16-8-4-3-7-15(16)10-12-25(14)20(26)17(21)13-19(24-22-2)18-9-5-6-11-23-18/h3-9,11,13-14H,2,10,12,21H2,1H3/t14-/m1/s1. The van der Waals surface area contributed by atoms with E-state index in [0.717, 1.165) is 12.0 Å². The van der Waals surface area contributed by atoms with Crippen LogP contribution in [0.3, 0.4) is 0 Å². The molecule has 1 amide bonds. The lowest BCUT2D eigenvalue weighted by molar-refractivity contribution is -0.129. The van der Waals surface area contributed by atoms with E-state index in [4.69, 9.17) is 5.73 Å². The van der Waals surface area contributed by atoms with E-state index >= 15 is 0 Å². The Balaban J connectivity index is 1.86. The smallest absolute Gasteiger partial charge is 0.270 e. The van der Waals surface area contributed by atoms with Gasteiger partial charge in [0.05, 0.1) is 17.4 Å². The van der Waals surface area contributed by atoms with Gasteiger partial charge in [0.15, 0.2) is 0 Å². The largest absolute Gasteiger partial charge is 0.394 e. The van der Waals surface area contributed by atoms with Crippen LogP contribution in [-0.2, 0) is 11.2 Å². The lowest BCUT2D eigenvalue weighted by atomic mass is 9.93. The number of amides is 1. The number of aromatic nitrogens is 1. The van der Waals surface area contributed by atoms with Crippen LogP contribution in [0.1, 0.15) is 29.8 Å². The summed E-state index contributed by atoms with van der Waals surface area (Å²) in [6.07, 6.45) is 3.96. The zero-order chi connectivity index (χ0) is 18.5. The van der Waals surface area contributed by atoms with Gasteiger partial charge in [-0.1, -0.05) is 30.3 Å². The van der Waals surface area contributed by atoms with E-state index in [0.29, 0.717) is 18.0 Å². The predicted octanol–water partition coefficient (Wildman–Crippen LogP) is 2.47. The molecule has 0 aliphatic carbocycles. The first-order chi connectivity index (χ1) is 12.6. The molecule has 0 saturated heterocycles. The molecule has 2 aromatic rings. The number of rotatable bonds is 4. The summed E-state index contributed by atoms with van der Waals surface area (Å²) in [5.74, 6) is -0.223. The molecule has 6 nitrogen and oxygen atoms in total. The van der Waals surface area contributed by atoms with Crippen LogP contribution in [0.5, 0.6) is 0 Å². The van der Waals surface area contributed by atoms with Gasteiger partial charge in [0, 0.05) is 19.5 Å². The molecule has 3 rings (SSSR count). The Morgan fingerprint density at radius 1 is 1.31 bits per heavy atom. The van der Waals surface area contributed by atoms with Crippen LogP contribution in [-0.4, -0.2) is 34.8 Å². The molecule has 1 aromatic heterocycles. The van der Waals surface area contributed by atoms with E-state index < -0.39 is 0 Å². The van der Waals surface area contributed by atoms with Crippen molar-refractivity contribution in [1.82, 2.24) is 9.88 Å². The molecule has 0 spiro atoms. The molecule has 26 heavy (non-hydrogen) atoms. The van der Waals surface area contributed by atoms with Gasteiger partial charge in [-0.3, -0.25) is 9.78 Å². The number of fused-ring (bicyclic) bond motifs is 1. The van der Waals surface area contributed by atoms with Gasteiger partial charge in [-0.25, -0.2) is 0 Å². The molecule has 0 fully saturated rings. The number of carbonyl (C=O) groups is 1. The molecule has 2 heterocycles. The maximum Gasteiger partial charge on any atom is 0.270 e. The molecule has 0 radical (unpaired) electrons. The van der Waals surface area contributed by atoms with Crippen molar-refractivity contribution < 1.29 is 4.79 Å². The van der Waals surface area contributed by atoms with Crippen molar-refractivity contribution >= 4 is 18.3 Å². The van der Waals surface area contributed by atoms with Crippen LogP contribution < -0.4 is 5.73 Å². The SMILES string of the molecule is C=NN=C(C=C(N)C(=O)N1CCc2ccccc2[C@H]1C)c1ccccn1. The Labute approximate surface area is 152 Å². The summed E-state index contributed by atoms with van der Waals surface area (Å²) in [4.78, 5) is 18.9. The first kappa shape index (κ1) is 17.5. The summed E-state index contributed by atoms with van der Waals surface area (Å²) in [6, 6.07) is 13.5. The highest BCUT2D eigenvalue weighted by atomic mass is 16.2. The van der Waals surface area contributed by atoms with Crippen molar-refractivity contribution in [3.63, 3.8) is 0 Å². The van der Waals surface area contributed by atoms with Crippen LogP contribution in [0.2, 0.25) is 0 Å². The fraction of sp³-hybridized carbons (Fsp3) is 0.200. The van der Waals surface area contributed by atoms with Crippen LogP contribution in [0, 0.1) is 0 Å². The molecule has 2 N–H and O–H groups in total. The van der Waals surface area contributed by atoms with Crippen molar-refractivity contribution in [2.45, 2.75) is 19.4 Å². The summed E-state index contributed by atoms with van der Waals surface area (Å²) >= 11 is 0. The molecule has 132 valence electrons. The first-order valence-corrected chi connectivity index (χ1v) is 8.43. The monoisotopic (exact) mass is 347 g/mol. The second-order valence-corrected chi connectivity index (χ2v) is 6.06. The fourth-order valence-corrected chi connectivity index (χ4v) is 3.17. The number of nitrogens with zero attached hydrogens (tertiary/aromatic N) is 4.